The summed E-state index contributed by atoms with van der Waals surface area (Å²) in [4.78, 5) is 17.7. The lowest BCUT2D eigenvalue weighted by Crippen LogP contribution is -2.49. The number of aliphatic imine (C=N–C) groups is 1. The summed E-state index contributed by atoms with van der Waals surface area (Å²) in [6.07, 6.45) is 2.85. The number of urea groups is 1. The minimum atomic E-state index is -0.334. The van der Waals surface area contributed by atoms with E-state index in [2.05, 4.69) is 15.6 Å². The first-order valence-corrected chi connectivity index (χ1v) is 7.47. The lowest BCUT2D eigenvalue weighted by Gasteiger charge is -2.26. The number of rotatable bonds is 6. The van der Waals surface area contributed by atoms with Crippen molar-refractivity contribution in [2.24, 2.45) is 16.5 Å². The second-order valence-electron chi connectivity index (χ2n) is 5.46. The molecule has 0 bridgehead atoms. The normalized spacial score (nSPS) is 20.8. The summed E-state index contributed by atoms with van der Waals surface area (Å²) >= 11 is 0. The van der Waals surface area contributed by atoms with E-state index >= 15 is 0 Å². The SMILES string of the molecule is C/C=C(\CCNC)C(N)/C(N=C1CNC(=O)N(C)C1)=C(/C)N. The van der Waals surface area contributed by atoms with Gasteiger partial charge < -0.3 is 27.0 Å². The molecular formula is C15H28N6O. The van der Waals surface area contributed by atoms with Crippen LogP contribution in [0.5, 0.6) is 0 Å². The molecule has 7 heteroatoms. The van der Waals surface area contributed by atoms with E-state index in [0.29, 0.717) is 24.5 Å². The molecule has 1 heterocycles. The summed E-state index contributed by atoms with van der Waals surface area (Å²) < 4.78 is 0. The van der Waals surface area contributed by atoms with E-state index in [1.807, 2.05) is 20.0 Å². The van der Waals surface area contributed by atoms with Crippen LogP contribution in [-0.2, 0) is 0 Å². The molecule has 1 saturated heterocycles. The van der Waals surface area contributed by atoms with E-state index in [1.165, 1.54) is 0 Å². The molecular weight excluding hydrogens is 280 g/mol. The van der Waals surface area contributed by atoms with Gasteiger partial charge in [-0.2, -0.15) is 0 Å². The number of carbonyl (C=O) groups excluding carboxylic acids is 1. The van der Waals surface area contributed by atoms with Gasteiger partial charge in [0, 0.05) is 12.7 Å². The van der Waals surface area contributed by atoms with Crippen molar-refractivity contribution < 1.29 is 4.79 Å². The van der Waals surface area contributed by atoms with Crippen LogP contribution in [0.2, 0.25) is 0 Å². The van der Waals surface area contributed by atoms with Gasteiger partial charge in [0.2, 0.25) is 0 Å². The van der Waals surface area contributed by atoms with Gasteiger partial charge in [-0.15, -0.1) is 0 Å². The molecule has 0 aromatic rings. The number of hydrogen-bond acceptors (Lipinski definition) is 5. The third-order valence-electron chi connectivity index (χ3n) is 3.62. The van der Waals surface area contributed by atoms with Gasteiger partial charge in [0.1, 0.15) is 0 Å². The molecule has 0 saturated carbocycles. The highest BCUT2D eigenvalue weighted by Crippen LogP contribution is 2.17. The Bertz CT molecular complexity index is 490. The first-order valence-electron chi connectivity index (χ1n) is 7.47. The first-order chi connectivity index (χ1) is 10.4. The quantitative estimate of drug-likeness (QED) is 0.524. The van der Waals surface area contributed by atoms with Gasteiger partial charge in [0.15, 0.2) is 0 Å². The molecule has 1 aliphatic rings. The molecule has 1 unspecified atom stereocenters. The molecule has 1 rings (SSSR count). The van der Waals surface area contributed by atoms with Crippen molar-refractivity contribution in [2.45, 2.75) is 26.3 Å². The maximum atomic E-state index is 11.4. The first kappa shape index (κ1) is 18.2. The van der Waals surface area contributed by atoms with Crippen LogP contribution in [-0.4, -0.2) is 56.4 Å². The Kier molecular flexibility index (Phi) is 7.07. The van der Waals surface area contributed by atoms with Crippen molar-refractivity contribution in [3.05, 3.63) is 23.0 Å². The van der Waals surface area contributed by atoms with Crippen LogP contribution in [0.15, 0.2) is 28.0 Å². The molecule has 1 fully saturated rings. The van der Waals surface area contributed by atoms with Crippen LogP contribution in [0.3, 0.4) is 0 Å². The van der Waals surface area contributed by atoms with Gasteiger partial charge in [-0.1, -0.05) is 11.6 Å². The molecule has 0 aliphatic carbocycles. The fourth-order valence-electron chi connectivity index (χ4n) is 2.29. The lowest BCUT2D eigenvalue weighted by atomic mass is 10.00. The second kappa shape index (κ2) is 8.55. The maximum Gasteiger partial charge on any atom is 0.317 e. The molecule has 22 heavy (non-hydrogen) atoms. The molecule has 7 nitrogen and oxygen atoms in total. The van der Waals surface area contributed by atoms with Gasteiger partial charge in [0.25, 0.3) is 0 Å². The number of amides is 2. The summed E-state index contributed by atoms with van der Waals surface area (Å²) in [6, 6.07) is -0.430. The summed E-state index contributed by atoms with van der Waals surface area (Å²) in [7, 11) is 3.64. The van der Waals surface area contributed by atoms with Gasteiger partial charge in [-0.25, -0.2) is 4.79 Å². The summed E-state index contributed by atoms with van der Waals surface area (Å²) in [6.45, 7) is 5.52. The zero-order chi connectivity index (χ0) is 16.7. The van der Waals surface area contributed by atoms with Crippen molar-refractivity contribution in [3.63, 3.8) is 0 Å². The van der Waals surface area contributed by atoms with Gasteiger partial charge >= 0.3 is 6.03 Å². The topological polar surface area (TPSA) is 109 Å². The molecule has 2 amide bonds. The zero-order valence-corrected chi connectivity index (χ0v) is 13.9. The minimum absolute atomic E-state index is 0.0959. The Morgan fingerprint density at radius 1 is 1.59 bits per heavy atom. The monoisotopic (exact) mass is 308 g/mol. The smallest absolute Gasteiger partial charge is 0.317 e. The van der Waals surface area contributed by atoms with Crippen molar-refractivity contribution in [1.29, 1.82) is 0 Å². The Morgan fingerprint density at radius 3 is 2.77 bits per heavy atom. The van der Waals surface area contributed by atoms with E-state index in [0.717, 1.165) is 24.3 Å². The van der Waals surface area contributed by atoms with Crippen LogP contribution in [0.4, 0.5) is 4.79 Å². The van der Waals surface area contributed by atoms with Crippen molar-refractivity contribution >= 4 is 11.7 Å². The lowest BCUT2D eigenvalue weighted by molar-refractivity contribution is 0.212. The minimum Gasteiger partial charge on any atom is -0.401 e. The Balaban J connectivity index is 2.95. The molecule has 1 atom stereocenters. The number of nitrogens with two attached hydrogens (primary N) is 2. The van der Waals surface area contributed by atoms with Crippen molar-refractivity contribution in [3.8, 4) is 0 Å². The van der Waals surface area contributed by atoms with Gasteiger partial charge in [-0.3, -0.25) is 4.99 Å². The molecule has 0 radical (unpaired) electrons. The average Bonchev–Trinajstić information content (AvgIpc) is 2.48. The van der Waals surface area contributed by atoms with Crippen LogP contribution < -0.4 is 22.1 Å². The third-order valence-corrected chi connectivity index (χ3v) is 3.62. The van der Waals surface area contributed by atoms with E-state index in [9.17, 15) is 4.79 Å². The Labute approximate surface area is 132 Å². The highest BCUT2D eigenvalue weighted by Gasteiger charge is 2.21. The fraction of sp³-hybridized carbons (Fsp3) is 0.600. The molecule has 6 N–H and O–H groups in total. The largest absolute Gasteiger partial charge is 0.401 e. The van der Waals surface area contributed by atoms with Crippen LogP contribution in [0.1, 0.15) is 20.3 Å². The molecule has 0 aromatic carbocycles. The molecule has 0 aromatic heterocycles. The molecule has 124 valence electrons. The van der Waals surface area contributed by atoms with E-state index < -0.39 is 0 Å². The van der Waals surface area contributed by atoms with Crippen molar-refractivity contribution in [1.82, 2.24) is 15.5 Å². The predicted octanol–water partition coefficient (Wildman–Crippen LogP) is 0.156. The number of allylic oxidation sites excluding steroid dienone is 2. The maximum absolute atomic E-state index is 11.4. The Morgan fingerprint density at radius 2 is 2.27 bits per heavy atom. The summed E-state index contributed by atoms with van der Waals surface area (Å²) in [5, 5.41) is 5.88. The highest BCUT2D eigenvalue weighted by molar-refractivity contribution is 5.97. The zero-order valence-electron chi connectivity index (χ0n) is 13.9. The van der Waals surface area contributed by atoms with Crippen molar-refractivity contribution in [2.75, 3.05) is 33.7 Å². The van der Waals surface area contributed by atoms with Crippen LogP contribution in [0, 0.1) is 0 Å². The number of hydrogen-bond donors (Lipinski definition) is 4. The molecule has 1 aliphatic heterocycles. The van der Waals surface area contributed by atoms with Crippen LogP contribution in [0.25, 0.3) is 0 Å². The fourth-order valence-corrected chi connectivity index (χ4v) is 2.29. The van der Waals surface area contributed by atoms with E-state index in [-0.39, 0.29) is 12.1 Å². The highest BCUT2D eigenvalue weighted by atomic mass is 16.2. The summed E-state index contributed by atoms with van der Waals surface area (Å²) in [5.41, 5.74) is 15.5. The van der Waals surface area contributed by atoms with Gasteiger partial charge in [0.05, 0.1) is 30.5 Å². The van der Waals surface area contributed by atoms with E-state index in [4.69, 9.17) is 11.5 Å². The Hall–Kier alpha value is -1.86. The van der Waals surface area contributed by atoms with Crippen LogP contribution >= 0.6 is 0 Å². The average molecular weight is 308 g/mol. The predicted molar refractivity (Wildman–Crippen MR) is 90.6 cm³/mol. The second-order valence-corrected chi connectivity index (χ2v) is 5.46. The molecule has 0 spiro atoms. The standard InChI is InChI=1S/C15H28N6O/c1-5-11(6-7-18-3)13(17)14(10(2)16)20-12-8-19-15(22)21(4)9-12/h5,13,18H,6-9,16-17H2,1-4H3,(H,19,22)/b11-5+,14-10+,20-12?. The summed E-state index contributed by atoms with van der Waals surface area (Å²) in [5.74, 6) is 0. The number of nitrogens with zero attached hydrogens (tertiary/aromatic N) is 2. The van der Waals surface area contributed by atoms with E-state index in [1.54, 1.807) is 18.9 Å². The number of carbonyl (C=O) groups is 1. The number of nitrogens with one attached hydrogen (secondary N) is 2. The van der Waals surface area contributed by atoms with Gasteiger partial charge in [-0.05, 0) is 33.9 Å². The third kappa shape index (κ3) is 4.85.